The Morgan fingerprint density at radius 1 is 0.897 bits per heavy atom. The third-order valence-corrected chi connectivity index (χ3v) is 4.38. The minimum atomic E-state index is -0.555. The summed E-state index contributed by atoms with van der Waals surface area (Å²) >= 11 is 0. The predicted octanol–water partition coefficient (Wildman–Crippen LogP) is 4.31. The van der Waals surface area contributed by atoms with Gasteiger partial charge in [0.05, 0.1) is 5.56 Å². The Bertz CT molecular complexity index is 869. The molecule has 2 aromatic rings. The first-order chi connectivity index (χ1) is 13.7. The number of nitrogens with zero attached hydrogens (tertiary/aromatic N) is 2. The van der Waals surface area contributed by atoms with Crippen molar-refractivity contribution < 1.29 is 23.5 Å². The molecule has 6 nitrogen and oxygen atoms in total. The fourth-order valence-electron chi connectivity index (χ4n) is 2.95. The van der Waals surface area contributed by atoms with Gasteiger partial charge in [-0.3, -0.25) is 4.79 Å². The Morgan fingerprint density at radius 3 is 2.10 bits per heavy atom. The van der Waals surface area contributed by atoms with E-state index in [1.807, 2.05) is 20.8 Å². The van der Waals surface area contributed by atoms with Gasteiger partial charge in [0.1, 0.15) is 22.9 Å². The van der Waals surface area contributed by atoms with E-state index in [2.05, 4.69) is 0 Å². The van der Waals surface area contributed by atoms with Crippen LogP contribution in [-0.4, -0.2) is 53.6 Å². The number of rotatable bonds is 3. The van der Waals surface area contributed by atoms with Crippen LogP contribution in [0, 0.1) is 5.82 Å². The van der Waals surface area contributed by atoms with Crippen molar-refractivity contribution in [3.05, 3.63) is 59.9 Å². The molecule has 0 bridgehead atoms. The van der Waals surface area contributed by atoms with Crippen LogP contribution in [0.15, 0.2) is 48.5 Å². The predicted molar refractivity (Wildman–Crippen MR) is 107 cm³/mol. The molecular formula is C22H25FN2O4. The Kier molecular flexibility index (Phi) is 6.06. The van der Waals surface area contributed by atoms with Gasteiger partial charge in [0.25, 0.3) is 5.91 Å². The van der Waals surface area contributed by atoms with E-state index in [9.17, 15) is 14.0 Å². The molecule has 2 amide bonds. The zero-order valence-electron chi connectivity index (χ0n) is 16.9. The number of carbonyl (C=O) groups is 2. The molecule has 0 aliphatic carbocycles. The smallest absolute Gasteiger partial charge is 0.410 e. The molecule has 3 rings (SSSR count). The molecule has 2 aromatic carbocycles. The maximum Gasteiger partial charge on any atom is 0.410 e. The Morgan fingerprint density at radius 2 is 1.48 bits per heavy atom. The third kappa shape index (κ3) is 5.47. The number of ether oxygens (including phenoxy) is 2. The minimum Gasteiger partial charge on any atom is -0.457 e. The molecule has 0 saturated carbocycles. The fraction of sp³-hybridized carbons (Fsp3) is 0.364. The molecule has 0 unspecified atom stereocenters. The summed E-state index contributed by atoms with van der Waals surface area (Å²) in [6.07, 6.45) is -0.371. The van der Waals surface area contributed by atoms with Crippen molar-refractivity contribution in [3.63, 3.8) is 0 Å². The highest BCUT2D eigenvalue weighted by Gasteiger charge is 2.29. The summed E-state index contributed by atoms with van der Waals surface area (Å²) in [4.78, 5) is 28.5. The van der Waals surface area contributed by atoms with Crippen molar-refractivity contribution in [3.8, 4) is 11.5 Å². The molecular weight excluding hydrogens is 375 g/mol. The Labute approximate surface area is 169 Å². The van der Waals surface area contributed by atoms with E-state index in [0.717, 1.165) is 0 Å². The van der Waals surface area contributed by atoms with Crippen LogP contribution in [0.2, 0.25) is 0 Å². The molecule has 0 N–H and O–H groups in total. The van der Waals surface area contributed by atoms with Crippen molar-refractivity contribution >= 4 is 12.0 Å². The monoisotopic (exact) mass is 400 g/mol. The molecule has 0 spiro atoms. The van der Waals surface area contributed by atoms with E-state index in [1.165, 1.54) is 24.3 Å². The Balaban J connectivity index is 1.66. The quantitative estimate of drug-likeness (QED) is 0.770. The average molecular weight is 400 g/mol. The first kappa shape index (κ1) is 20.6. The summed E-state index contributed by atoms with van der Waals surface area (Å²) in [5.41, 5.74) is -0.136. The van der Waals surface area contributed by atoms with E-state index in [-0.39, 0.29) is 17.8 Å². The first-order valence-corrected chi connectivity index (χ1v) is 9.52. The number of para-hydroxylation sites is 1. The minimum absolute atomic E-state index is 0.174. The standard InChI is InChI=1S/C22H25FN2O4/c1-22(2,3)29-21(27)25-14-12-24(13-15-25)20(26)18-6-4-5-7-19(18)28-17-10-8-16(23)9-11-17/h4-11H,12-15H2,1-3H3. The summed E-state index contributed by atoms with van der Waals surface area (Å²) in [7, 11) is 0. The molecule has 1 fully saturated rings. The number of benzene rings is 2. The molecule has 1 saturated heterocycles. The van der Waals surface area contributed by atoms with Gasteiger partial charge >= 0.3 is 6.09 Å². The van der Waals surface area contributed by atoms with Gasteiger partial charge in [-0.2, -0.15) is 0 Å². The molecule has 1 aliphatic rings. The second-order valence-electron chi connectivity index (χ2n) is 7.81. The van der Waals surface area contributed by atoms with E-state index in [4.69, 9.17) is 9.47 Å². The van der Waals surface area contributed by atoms with Crippen LogP contribution in [0.5, 0.6) is 11.5 Å². The molecule has 0 radical (unpaired) electrons. The molecule has 1 heterocycles. The van der Waals surface area contributed by atoms with E-state index >= 15 is 0 Å². The van der Waals surface area contributed by atoms with Gasteiger partial charge in [-0.25, -0.2) is 9.18 Å². The average Bonchev–Trinajstić information content (AvgIpc) is 2.68. The fourth-order valence-corrected chi connectivity index (χ4v) is 2.95. The highest BCUT2D eigenvalue weighted by molar-refractivity contribution is 5.97. The summed E-state index contributed by atoms with van der Waals surface area (Å²) in [5.74, 6) is 0.316. The summed E-state index contributed by atoms with van der Waals surface area (Å²) < 4.78 is 24.3. The zero-order valence-corrected chi connectivity index (χ0v) is 16.9. The van der Waals surface area contributed by atoms with Crippen LogP contribution in [-0.2, 0) is 4.74 Å². The van der Waals surface area contributed by atoms with Crippen LogP contribution in [0.25, 0.3) is 0 Å². The number of hydrogen-bond donors (Lipinski definition) is 0. The summed E-state index contributed by atoms with van der Waals surface area (Å²) in [5, 5.41) is 0. The second-order valence-corrected chi connectivity index (χ2v) is 7.81. The number of amides is 2. The van der Waals surface area contributed by atoms with E-state index < -0.39 is 5.60 Å². The largest absolute Gasteiger partial charge is 0.457 e. The van der Waals surface area contributed by atoms with E-state index in [1.54, 1.807) is 34.1 Å². The van der Waals surface area contributed by atoms with Gasteiger partial charge in [-0.05, 0) is 57.2 Å². The topological polar surface area (TPSA) is 59.1 Å². The normalized spacial score (nSPS) is 14.5. The van der Waals surface area contributed by atoms with Crippen molar-refractivity contribution in [2.24, 2.45) is 0 Å². The highest BCUT2D eigenvalue weighted by atomic mass is 19.1. The third-order valence-electron chi connectivity index (χ3n) is 4.38. The summed E-state index contributed by atoms with van der Waals surface area (Å²) in [6.45, 7) is 7.09. The van der Waals surface area contributed by atoms with Crippen LogP contribution in [0.1, 0.15) is 31.1 Å². The van der Waals surface area contributed by atoms with Gasteiger partial charge in [-0.1, -0.05) is 12.1 Å². The lowest BCUT2D eigenvalue weighted by molar-refractivity contribution is 0.0140. The molecule has 0 atom stereocenters. The van der Waals surface area contributed by atoms with Crippen molar-refractivity contribution in [1.29, 1.82) is 0 Å². The number of carbonyl (C=O) groups excluding carboxylic acids is 2. The molecule has 29 heavy (non-hydrogen) atoms. The lowest BCUT2D eigenvalue weighted by Crippen LogP contribution is -2.51. The SMILES string of the molecule is CC(C)(C)OC(=O)N1CCN(C(=O)c2ccccc2Oc2ccc(F)cc2)CC1. The zero-order chi connectivity index (χ0) is 21.0. The molecule has 0 aromatic heterocycles. The molecule has 1 aliphatic heterocycles. The van der Waals surface area contributed by atoms with Gasteiger partial charge in [0.2, 0.25) is 0 Å². The lowest BCUT2D eigenvalue weighted by Gasteiger charge is -2.35. The van der Waals surface area contributed by atoms with Crippen LogP contribution < -0.4 is 4.74 Å². The van der Waals surface area contributed by atoms with Crippen LogP contribution >= 0.6 is 0 Å². The molecule has 154 valence electrons. The van der Waals surface area contributed by atoms with Crippen molar-refractivity contribution in [2.45, 2.75) is 26.4 Å². The van der Waals surface area contributed by atoms with Crippen LogP contribution in [0.3, 0.4) is 0 Å². The number of piperazine rings is 1. The van der Waals surface area contributed by atoms with E-state index in [0.29, 0.717) is 43.2 Å². The maximum absolute atomic E-state index is 13.1. The first-order valence-electron chi connectivity index (χ1n) is 9.52. The lowest BCUT2D eigenvalue weighted by atomic mass is 10.1. The maximum atomic E-state index is 13.1. The summed E-state index contributed by atoms with van der Waals surface area (Å²) in [6, 6.07) is 12.6. The second kappa shape index (κ2) is 8.51. The molecule has 7 heteroatoms. The number of halogens is 1. The van der Waals surface area contributed by atoms with Crippen LogP contribution in [0.4, 0.5) is 9.18 Å². The van der Waals surface area contributed by atoms with Gasteiger partial charge in [0, 0.05) is 26.2 Å². The number of hydrogen-bond acceptors (Lipinski definition) is 4. The van der Waals surface area contributed by atoms with Gasteiger partial charge in [-0.15, -0.1) is 0 Å². The van der Waals surface area contributed by atoms with Crippen molar-refractivity contribution in [1.82, 2.24) is 9.80 Å². The highest BCUT2D eigenvalue weighted by Crippen LogP contribution is 2.27. The Hall–Kier alpha value is -3.09. The van der Waals surface area contributed by atoms with Gasteiger partial charge in [0.15, 0.2) is 0 Å². The van der Waals surface area contributed by atoms with Crippen molar-refractivity contribution in [2.75, 3.05) is 26.2 Å². The van der Waals surface area contributed by atoms with Gasteiger partial charge < -0.3 is 19.3 Å².